The van der Waals surface area contributed by atoms with E-state index in [1.807, 2.05) is 4.90 Å². The molecule has 2 saturated carbocycles. The molecule has 1 aromatic heterocycles. The van der Waals surface area contributed by atoms with Crippen LogP contribution in [0.15, 0.2) is 6.07 Å². The molecule has 1 N–H and O–H groups in total. The van der Waals surface area contributed by atoms with Gasteiger partial charge in [0.25, 0.3) is 5.91 Å². The molecule has 0 unspecified atom stereocenters. The first-order valence-electron chi connectivity index (χ1n) is 10.5. The molecule has 5 rings (SSSR count). The van der Waals surface area contributed by atoms with Crippen LogP contribution in [0.2, 0.25) is 0 Å². The van der Waals surface area contributed by atoms with Gasteiger partial charge in [0.1, 0.15) is 5.60 Å². The molecule has 1 aromatic rings. The largest absolute Gasteiger partial charge is 0.369 e. The van der Waals surface area contributed by atoms with Gasteiger partial charge in [0.05, 0.1) is 11.5 Å². The molecule has 5 nitrogen and oxygen atoms in total. The Bertz CT molecular complexity index is 743. The molecule has 0 atom stereocenters. The lowest BCUT2D eigenvalue weighted by molar-refractivity contribution is -0.146. The number of fused-ring (bicyclic) bond motifs is 2. The molecule has 3 heterocycles. The van der Waals surface area contributed by atoms with Crippen LogP contribution in [0.4, 0.5) is 0 Å². The Kier molecular flexibility index (Phi) is 4.51. The van der Waals surface area contributed by atoms with Crippen molar-refractivity contribution in [2.45, 2.75) is 69.4 Å². The Morgan fingerprint density at radius 3 is 2.52 bits per heavy atom. The molecular weight excluding hydrogens is 360 g/mol. The van der Waals surface area contributed by atoms with Crippen molar-refractivity contribution in [1.29, 1.82) is 0 Å². The number of carbonyl (C=O) groups excluding carboxylic acids is 2. The number of thiophene rings is 1. The molecular formula is C21H28N2O3S. The van der Waals surface area contributed by atoms with Crippen molar-refractivity contribution in [1.82, 2.24) is 10.2 Å². The van der Waals surface area contributed by atoms with E-state index in [4.69, 9.17) is 4.74 Å². The fraction of sp³-hybridized carbons (Fsp3) is 0.714. The summed E-state index contributed by atoms with van der Waals surface area (Å²) in [4.78, 5) is 29.3. The zero-order chi connectivity index (χ0) is 18.4. The number of likely N-dealkylation sites (tertiary alicyclic amines) is 1. The van der Waals surface area contributed by atoms with E-state index < -0.39 is 0 Å². The number of hydrogen-bond acceptors (Lipinski definition) is 4. The summed E-state index contributed by atoms with van der Waals surface area (Å²) >= 11 is 1.62. The number of carbonyl (C=O) groups is 2. The third kappa shape index (κ3) is 3.11. The average molecular weight is 389 g/mol. The molecule has 0 aromatic carbocycles. The zero-order valence-corrected chi connectivity index (χ0v) is 16.6. The molecule has 2 amide bonds. The van der Waals surface area contributed by atoms with E-state index in [9.17, 15) is 9.59 Å². The Labute approximate surface area is 164 Å². The maximum absolute atomic E-state index is 12.6. The van der Waals surface area contributed by atoms with Crippen molar-refractivity contribution in [3.63, 3.8) is 0 Å². The third-order valence-corrected chi connectivity index (χ3v) is 8.34. The number of piperidine rings is 1. The highest BCUT2D eigenvalue weighted by molar-refractivity contribution is 7.14. The van der Waals surface area contributed by atoms with Crippen molar-refractivity contribution >= 4 is 23.2 Å². The zero-order valence-electron chi connectivity index (χ0n) is 15.8. The highest BCUT2D eigenvalue weighted by atomic mass is 32.1. The first-order chi connectivity index (χ1) is 13.1. The second-order valence-corrected chi connectivity index (χ2v) is 9.66. The summed E-state index contributed by atoms with van der Waals surface area (Å²) < 4.78 is 6.31. The van der Waals surface area contributed by atoms with Crippen LogP contribution in [-0.4, -0.2) is 42.5 Å². The summed E-state index contributed by atoms with van der Waals surface area (Å²) in [5.74, 6) is 0.691. The summed E-state index contributed by atoms with van der Waals surface area (Å²) in [5, 5.41) is 3.16. The van der Waals surface area contributed by atoms with E-state index >= 15 is 0 Å². The number of ether oxygens (including phenoxy) is 1. The molecule has 146 valence electrons. The Morgan fingerprint density at radius 1 is 1.15 bits per heavy atom. The molecule has 1 spiro atoms. The number of rotatable bonds is 3. The summed E-state index contributed by atoms with van der Waals surface area (Å²) in [6.07, 6.45) is 9.33. The van der Waals surface area contributed by atoms with Gasteiger partial charge in [-0.1, -0.05) is 6.42 Å². The van der Waals surface area contributed by atoms with Crippen LogP contribution in [0.3, 0.4) is 0 Å². The van der Waals surface area contributed by atoms with E-state index in [0.717, 1.165) is 62.9 Å². The van der Waals surface area contributed by atoms with Gasteiger partial charge in [-0.05, 0) is 63.0 Å². The van der Waals surface area contributed by atoms with Gasteiger partial charge in [-0.2, -0.15) is 0 Å². The van der Waals surface area contributed by atoms with Crippen LogP contribution in [0.25, 0.3) is 0 Å². The molecule has 4 aliphatic rings. The normalized spacial score (nSPS) is 24.8. The van der Waals surface area contributed by atoms with E-state index in [2.05, 4.69) is 11.4 Å². The fourth-order valence-electron chi connectivity index (χ4n) is 4.72. The summed E-state index contributed by atoms with van der Waals surface area (Å²) in [5.41, 5.74) is 0.993. The molecule has 1 saturated heterocycles. The monoisotopic (exact) mass is 388 g/mol. The van der Waals surface area contributed by atoms with Crippen molar-refractivity contribution in [2.75, 3.05) is 19.7 Å². The van der Waals surface area contributed by atoms with Crippen LogP contribution in [-0.2, 0) is 21.6 Å². The topological polar surface area (TPSA) is 58.6 Å². The fourth-order valence-corrected chi connectivity index (χ4v) is 6.03. The van der Waals surface area contributed by atoms with Gasteiger partial charge in [0.15, 0.2) is 0 Å². The molecule has 3 fully saturated rings. The Hall–Kier alpha value is -1.40. The van der Waals surface area contributed by atoms with Crippen LogP contribution >= 0.6 is 11.3 Å². The van der Waals surface area contributed by atoms with Crippen molar-refractivity contribution in [3.05, 3.63) is 21.4 Å². The second-order valence-electron chi connectivity index (χ2n) is 8.61. The van der Waals surface area contributed by atoms with Gasteiger partial charge < -0.3 is 15.0 Å². The van der Waals surface area contributed by atoms with Gasteiger partial charge in [-0.25, -0.2) is 0 Å². The minimum absolute atomic E-state index is 0.0758. The quantitative estimate of drug-likeness (QED) is 0.865. The second kappa shape index (κ2) is 6.89. The van der Waals surface area contributed by atoms with Crippen molar-refractivity contribution in [2.24, 2.45) is 5.92 Å². The van der Waals surface area contributed by atoms with E-state index in [-0.39, 0.29) is 17.4 Å². The van der Waals surface area contributed by atoms with Gasteiger partial charge in [-0.15, -0.1) is 11.3 Å². The highest BCUT2D eigenvalue weighted by Gasteiger charge is 2.44. The highest BCUT2D eigenvalue weighted by Crippen LogP contribution is 2.46. The lowest BCUT2D eigenvalue weighted by atomic mass is 9.82. The summed E-state index contributed by atoms with van der Waals surface area (Å²) in [6, 6.07) is 2.45. The number of nitrogens with zero attached hydrogens (tertiary/aromatic N) is 1. The van der Waals surface area contributed by atoms with E-state index in [1.54, 1.807) is 11.3 Å². The molecule has 0 bridgehead atoms. The standard InChI is InChI=1S/C21H28N2O3S/c24-19(22-16-5-2-6-16)17-13-15-7-12-26-21(18(15)27-17)8-10-23(11-9-21)20(25)14-3-1-4-14/h13-14,16H,1-12H2,(H,22,24). The van der Waals surface area contributed by atoms with Crippen LogP contribution in [0, 0.1) is 5.92 Å². The first-order valence-corrected chi connectivity index (χ1v) is 11.3. The van der Waals surface area contributed by atoms with Crippen molar-refractivity contribution in [3.8, 4) is 0 Å². The SMILES string of the molecule is O=C(NC1CCC1)c1cc2c(s1)C1(CCN(C(=O)C3CCC3)CC1)OCC2. The maximum atomic E-state index is 12.6. The Morgan fingerprint density at radius 2 is 1.89 bits per heavy atom. The van der Waals surface area contributed by atoms with Gasteiger partial charge in [0.2, 0.25) is 5.91 Å². The van der Waals surface area contributed by atoms with Gasteiger partial charge >= 0.3 is 0 Å². The first kappa shape index (κ1) is 17.7. The predicted molar refractivity (Wildman–Crippen MR) is 104 cm³/mol. The summed E-state index contributed by atoms with van der Waals surface area (Å²) in [6.45, 7) is 2.26. The predicted octanol–water partition coefficient (Wildman–Crippen LogP) is 3.22. The number of nitrogens with one attached hydrogen (secondary N) is 1. The van der Waals surface area contributed by atoms with E-state index in [1.165, 1.54) is 23.3 Å². The maximum Gasteiger partial charge on any atom is 0.261 e. The summed E-state index contributed by atoms with van der Waals surface area (Å²) in [7, 11) is 0. The smallest absolute Gasteiger partial charge is 0.261 e. The average Bonchev–Trinajstić information content (AvgIpc) is 3.03. The minimum atomic E-state index is -0.288. The lowest BCUT2D eigenvalue weighted by Crippen LogP contribution is -2.50. The number of amides is 2. The molecule has 2 aliphatic carbocycles. The van der Waals surface area contributed by atoms with Gasteiger partial charge in [0, 0.05) is 29.9 Å². The van der Waals surface area contributed by atoms with Crippen molar-refractivity contribution < 1.29 is 14.3 Å². The molecule has 27 heavy (non-hydrogen) atoms. The van der Waals surface area contributed by atoms with Gasteiger partial charge in [-0.3, -0.25) is 9.59 Å². The van der Waals surface area contributed by atoms with Crippen LogP contribution in [0.5, 0.6) is 0 Å². The third-order valence-electron chi connectivity index (χ3n) is 6.97. The molecule has 0 radical (unpaired) electrons. The minimum Gasteiger partial charge on any atom is -0.369 e. The van der Waals surface area contributed by atoms with Crippen LogP contribution < -0.4 is 5.32 Å². The Balaban J connectivity index is 1.30. The molecule has 6 heteroatoms. The molecule has 2 aliphatic heterocycles. The lowest BCUT2D eigenvalue weighted by Gasteiger charge is -2.45. The van der Waals surface area contributed by atoms with E-state index in [0.29, 0.717) is 18.6 Å². The number of hydrogen-bond donors (Lipinski definition) is 1. The van der Waals surface area contributed by atoms with Crippen LogP contribution in [0.1, 0.15) is 71.5 Å².